The van der Waals surface area contributed by atoms with Crippen molar-refractivity contribution >= 4 is 5.97 Å². The van der Waals surface area contributed by atoms with Gasteiger partial charge in [0.05, 0.1) is 5.56 Å². The number of hydrogen-bond donors (Lipinski definition) is 1. The molecule has 2 aromatic rings. The zero-order valence-corrected chi connectivity index (χ0v) is 14.1. The van der Waals surface area contributed by atoms with E-state index >= 15 is 0 Å². The highest BCUT2D eigenvalue weighted by Crippen LogP contribution is 2.30. The van der Waals surface area contributed by atoms with Crippen LogP contribution in [-0.4, -0.2) is 17.2 Å². The molecule has 0 saturated carbocycles. The van der Waals surface area contributed by atoms with Gasteiger partial charge in [0.25, 0.3) is 0 Å². The third-order valence-corrected chi connectivity index (χ3v) is 3.98. The first-order valence-corrected chi connectivity index (χ1v) is 7.71. The lowest BCUT2D eigenvalue weighted by Gasteiger charge is -2.19. The molecule has 0 bridgehead atoms. The predicted molar refractivity (Wildman–Crippen MR) is 87.9 cm³/mol. The first-order chi connectivity index (χ1) is 11.6. The van der Waals surface area contributed by atoms with E-state index in [0.29, 0.717) is 5.75 Å². The Morgan fingerprint density at radius 2 is 1.84 bits per heavy atom. The molecule has 0 heterocycles. The fourth-order valence-corrected chi connectivity index (χ4v) is 2.54. The molecule has 0 aromatic heterocycles. The number of halogens is 3. The third-order valence-electron chi connectivity index (χ3n) is 3.98. The molecule has 25 heavy (non-hydrogen) atoms. The molecule has 0 aliphatic rings. The second kappa shape index (κ2) is 7.17. The van der Waals surface area contributed by atoms with Crippen LogP contribution in [0.3, 0.4) is 0 Å². The highest BCUT2D eigenvalue weighted by Gasteiger charge is 2.31. The lowest BCUT2D eigenvalue weighted by atomic mass is 10.0. The fourth-order valence-electron chi connectivity index (χ4n) is 2.54. The molecular formula is C19H19F3O3. The van der Waals surface area contributed by atoms with E-state index in [1.165, 1.54) is 12.1 Å². The van der Waals surface area contributed by atoms with Gasteiger partial charge in [0.15, 0.2) is 6.10 Å². The fraction of sp³-hybridized carbons (Fsp3) is 0.316. The van der Waals surface area contributed by atoms with Gasteiger partial charge >= 0.3 is 12.1 Å². The Kier molecular flexibility index (Phi) is 5.40. The van der Waals surface area contributed by atoms with Crippen molar-refractivity contribution in [2.45, 2.75) is 39.5 Å². The van der Waals surface area contributed by atoms with Crippen molar-refractivity contribution in [3.05, 3.63) is 64.2 Å². The Balaban J connectivity index is 2.27. The summed E-state index contributed by atoms with van der Waals surface area (Å²) in [4.78, 5) is 11.5. The number of hydrogen-bond acceptors (Lipinski definition) is 2. The molecule has 0 fully saturated rings. The van der Waals surface area contributed by atoms with Crippen LogP contribution in [0.1, 0.15) is 27.8 Å². The third kappa shape index (κ3) is 4.75. The topological polar surface area (TPSA) is 46.5 Å². The molecule has 0 radical (unpaired) electrons. The van der Waals surface area contributed by atoms with Crippen molar-refractivity contribution < 1.29 is 27.8 Å². The van der Waals surface area contributed by atoms with E-state index in [-0.39, 0.29) is 12.0 Å². The normalized spacial score (nSPS) is 12.7. The Morgan fingerprint density at radius 1 is 1.16 bits per heavy atom. The van der Waals surface area contributed by atoms with Gasteiger partial charge in [-0.3, -0.25) is 0 Å². The highest BCUT2D eigenvalue weighted by molar-refractivity contribution is 5.73. The zero-order valence-electron chi connectivity index (χ0n) is 14.1. The second-order valence-electron chi connectivity index (χ2n) is 6.05. The Hall–Kier alpha value is -2.50. The van der Waals surface area contributed by atoms with Crippen LogP contribution in [0, 0.1) is 20.8 Å². The van der Waals surface area contributed by atoms with Crippen LogP contribution in [0.4, 0.5) is 13.2 Å². The molecule has 0 aliphatic carbocycles. The molecule has 0 aliphatic heterocycles. The number of carboxylic acids is 1. The van der Waals surface area contributed by atoms with Crippen LogP contribution in [0.5, 0.6) is 5.75 Å². The Bertz CT molecular complexity index is 782. The summed E-state index contributed by atoms with van der Waals surface area (Å²) in [5, 5.41) is 9.41. The number of ether oxygens (including phenoxy) is 1. The summed E-state index contributed by atoms with van der Waals surface area (Å²) in [6.45, 7) is 5.56. The molecular weight excluding hydrogens is 333 g/mol. The van der Waals surface area contributed by atoms with Gasteiger partial charge in [0.2, 0.25) is 0 Å². The quantitative estimate of drug-likeness (QED) is 0.848. The van der Waals surface area contributed by atoms with Crippen molar-refractivity contribution in [2.24, 2.45) is 0 Å². The maximum atomic E-state index is 12.8. The van der Waals surface area contributed by atoms with E-state index in [0.717, 1.165) is 28.8 Å². The summed E-state index contributed by atoms with van der Waals surface area (Å²) in [5.74, 6) is -0.798. The standard InChI is InChI=1S/C19H19F3O3/c1-11-7-12(2)13(3)16(8-11)25-17(18(23)24)10-14-5-4-6-15(9-14)19(20,21)22/h4-9,17H,10H2,1-3H3,(H,23,24)/t17-/m1/s1. The lowest BCUT2D eigenvalue weighted by Crippen LogP contribution is -2.30. The molecule has 0 amide bonds. The van der Waals surface area contributed by atoms with Crippen molar-refractivity contribution in [1.82, 2.24) is 0 Å². The van der Waals surface area contributed by atoms with Crippen molar-refractivity contribution in [3.8, 4) is 5.75 Å². The minimum absolute atomic E-state index is 0.161. The number of carbonyl (C=O) groups is 1. The average molecular weight is 352 g/mol. The summed E-state index contributed by atoms with van der Waals surface area (Å²) in [7, 11) is 0. The number of alkyl halides is 3. The predicted octanol–water partition coefficient (Wildman–Crippen LogP) is 4.71. The average Bonchev–Trinajstić information content (AvgIpc) is 2.50. The van der Waals surface area contributed by atoms with E-state index < -0.39 is 23.8 Å². The van der Waals surface area contributed by atoms with Crippen molar-refractivity contribution in [1.29, 1.82) is 0 Å². The monoisotopic (exact) mass is 352 g/mol. The molecule has 3 nitrogen and oxygen atoms in total. The van der Waals surface area contributed by atoms with Crippen LogP contribution in [0.25, 0.3) is 0 Å². The molecule has 0 unspecified atom stereocenters. The van der Waals surface area contributed by atoms with Gasteiger partial charge in [-0.1, -0.05) is 24.3 Å². The number of benzene rings is 2. The summed E-state index contributed by atoms with van der Waals surface area (Å²) in [6, 6.07) is 8.30. The summed E-state index contributed by atoms with van der Waals surface area (Å²) < 4.78 is 44.0. The molecule has 1 atom stereocenters. The number of rotatable bonds is 5. The van der Waals surface area contributed by atoms with Gasteiger partial charge in [-0.2, -0.15) is 13.2 Å². The van der Waals surface area contributed by atoms with Gasteiger partial charge < -0.3 is 9.84 Å². The van der Waals surface area contributed by atoms with Gasteiger partial charge in [-0.05, 0) is 55.2 Å². The Morgan fingerprint density at radius 3 is 2.44 bits per heavy atom. The van der Waals surface area contributed by atoms with Crippen molar-refractivity contribution in [2.75, 3.05) is 0 Å². The van der Waals surface area contributed by atoms with Crippen LogP contribution in [0.15, 0.2) is 36.4 Å². The van der Waals surface area contributed by atoms with Gasteiger partial charge in [-0.15, -0.1) is 0 Å². The smallest absolute Gasteiger partial charge is 0.416 e. The molecule has 1 N–H and O–H groups in total. The second-order valence-corrected chi connectivity index (χ2v) is 6.05. The largest absolute Gasteiger partial charge is 0.478 e. The molecule has 6 heteroatoms. The minimum Gasteiger partial charge on any atom is -0.478 e. The Labute approximate surface area is 144 Å². The summed E-state index contributed by atoms with van der Waals surface area (Å²) in [6.07, 6.45) is -5.91. The lowest BCUT2D eigenvalue weighted by molar-refractivity contribution is -0.145. The maximum Gasteiger partial charge on any atom is 0.416 e. The zero-order chi connectivity index (χ0) is 18.8. The van der Waals surface area contributed by atoms with Crippen LogP contribution < -0.4 is 4.74 Å². The van der Waals surface area contributed by atoms with Crippen LogP contribution >= 0.6 is 0 Å². The molecule has 2 aromatic carbocycles. The molecule has 0 saturated heterocycles. The summed E-state index contributed by atoms with van der Waals surface area (Å²) in [5.41, 5.74) is 2.13. The molecule has 2 rings (SSSR count). The van der Waals surface area contributed by atoms with Crippen LogP contribution in [0.2, 0.25) is 0 Å². The molecule has 0 spiro atoms. The SMILES string of the molecule is Cc1cc(C)c(C)c(O[C@H](Cc2cccc(C(F)(F)F)c2)C(=O)O)c1. The number of carboxylic acid groups (broad SMARTS) is 1. The maximum absolute atomic E-state index is 12.8. The number of aryl methyl sites for hydroxylation is 2. The van der Waals surface area contributed by atoms with Crippen LogP contribution in [-0.2, 0) is 17.4 Å². The summed E-state index contributed by atoms with van der Waals surface area (Å²) >= 11 is 0. The van der Waals surface area contributed by atoms with E-state index in [1.54, 1.807) is 6.07 Å². The van der Waals surface area contributed by atoms with Gasteiger partial charge in [0.1, 0.15) is 5.75 Å². The minimum atomic E-state index is -4.47. The first-order valence-electron chi connectivity index (χ1n) is 7.71. The molecule has 134 valence electrons. The van der Waals surface area contributed by atoms with Crippen molar-refractivity contribution in [3.63, 3.8) is 0 Å². The highest BCUT2D eigenvalue weighted by atomic mass is 19.4. The van der Waals surface area contributed by atoms with E-state index in [1.807, 2.05) is 26.8 Å². The van der Waals surface area contributed by atoms with E-state index in [2.05, 4.69) is 0 Å². The van der Waals surface area contributed by atoms with Gasteiger partial charge in [0, 0.05) is 6.42 Å². The first kappa shape index (κ1) is 18.8. The number of aliphatic carboxylic acids is 1. The van der Waals surface area contributed by atoms with E-state index in [9.17, 15) is 23.1 Å². The van der Waals surface area contributed by atoms with Gasteiger partial charge in [-0.25, -0.2) is 4.79 Å². The van der Waals surface area contributed by atoms with E-state index in [4.69, 9.17) is 4.74 Å².